The first kappa shape index (κ1) is 18.5. The number of methoxy groups -OCH3 is 2. The van der Waals surface area contributed by atoms with Crippen molar-refractivity contribution in [2.75, 3.05) is 32.6 Å². The number of benzene rings is 1. The molecule has 1 N–H and O–H groups in total. The van der Waals surface area contributed by atoms with Crippen LogP contribution in [0.3, 0.4) is 0 Å². The third kappa shape index (κ3) is 4.17. The molecule has 3 aromatic rings. The number of nitrogens with one attached hydrogen (secondary N) is 1. The van der Waals surface area contributed by atoms with E-state index in [1.165, 1.54) is 0 Å². The fraction of sp³-hybridized carbons (Fsp3) is 0.364. The second-order valence-electron chi connectivity index (χ2n) is 7.11. The van der Waals surface area contributed by atoms with E-state index < -0.39 is 0 Å². The molecule has 1 aliphatic rings. The minimum atomic E-state index is 0.428. The first-order valence-electron chi connectivity index (χ1n) is 9.67. The standard InChI is InChI=1S/C22H26N4O2/c1-27-18-13-20-19(21(14-18)28-2)6-7-22(25-20)24-16-8-11-26(12-9-16)15-17-5-3-4-10-23-17/h3-7,10,13-14,16H,8-9,11-12,15H2,1-2H3,(H,24,25). The quantitative estimate of drug-likeness (QED) is 0.705. The molecule has 0 bridgehead atoms. The third-order valence-corrected chi connectivity index (χ3v) is 5.25. The molecule has 0 spiro atoms. The SMILES string of the molecule is COc1cc(OC)c2ccc(NC3CCN(Cc4ccccn4)CC3)nc2c1. The molecule has 0 aliphatic carbocycles. The van der Waals surface area contributed by atoms with Gasteiger partial charge in [0.25, 0.3) is 0 Å². The summed E-state index contributed by atoms with van der Waals surface area (Å²) < 4.78 is 10.8. The number of aromatic nitrogens is 2. The van der Waals surface area contributed by atoms with Gasteiger partial charge in [-0.25, -0.2) is 4.98 Å². The molecule has 0 saturated carbocycles. The maximum Gasteiger partial charge on any atom is 0.131 e. The van der Waals surface area contributed by atoms with Crippen LogP contribution in [0.15, 0.2) is 48.7 Å². The number of hydrogen-bond acceptors (Lipinski definition) is 6. The van der Waals surface area contributed by atoms with Crippen LogP contribution in [0.2, 0.25) is 0 Å². The van der Waals surface area contributed by atoms with Gasteiger partial charge in [-0.2, -0.15) is 0 Å². The summed E-state index contributed by atoms with van der Waals surface area (Å²) in [4.78, 5) is 11.7. The molecule has 6 heteroatoms. The van der Waals surface area contributed by atoms with Gasteiger partial charge in [-0.3, -0.25) is 9.88 Å². The lowest BCUT2D eigenvalue weighted by Gasteiger charge is -2.32. The molecule has 4 rings (SSSR count). The molecule has 1 fully saturated rings. The number of fused-ring (bicyclic) bond motifs is 1. The molecular formula is C22H26N4O2. The van der Waals surface area contributed by atoms with Crippen LogP contribution in [0.25, 0.3) is 10.9 Å². The summed E-state index contributed by atoms with van der Waals surface area (Å²) in [5.41, 5.74) is 2.00. The molecule has 2 aromatic heterocycles. The van der Waals surface area contributed by atoms with E-state index in [1.54, 1.807) is 14.2 Å². The van der Waals surface area contributed by atoms with Crippen LogP contribution in [0.4, 0.5) is 5.82 Å². The van der Waals surface area contributed by atoms with E-state index in [1.807, 2.05) is 36.5 Å². The van der Waals surface area contributed by atoms with Crippen molar-refractivity contribution in [2.45, 2.75) is 25.4 Å². The normalized spacial score (nSPS) is 15.5. The molecule has 6 nitrogen and oxygen atoms in total. The van der Waals surface area contributed by atoms with Crippen LogP contribution >= 0.6 is 0 Å². The minimum Gasteiger partial charge on any atom is -0.497 e. The molecule has 1 aromatic carbocycles. The van der Waals surface area contributed by atoms with E-state index in [-0.39, 0.29) is 0 Å². The maximum absolute atomic E-state index is 5.47. The average Bonchev–Trinajstić information content (AvgIpc) is 2.75. The van der Waals surface area contributed by atoms with Gasteiger partial charge in [-0.15, -0.1) is 0 Å². The Morgan fingerprint density at radius 1 is 1.07 bits per heavy atom. The molecule has 146 valence electrons. The van der Waals surface area contributed by atoms with Gasteiger partial charge in [0.15, 0.2) is 0 Å². The van der Waals surface area contributed by atoms with Crippen LogP contribution < -0.4 is 14.8 Å². The molecular weight excluding hydrogens is 352 g/mol. The Bertz CT molecular complexity index is 924. The molecule has 0 unspecified atom stereocenters. The first-order chi connectivity index (χ1) is 13.7. The number of piperidine rings is 1. The summed E-state index contributed by atoms with van der Waals surface area (Å²) in [6, 6.07) is 14.4. The number of nitrogens with zero attached hydrogens (tertiary/aromatic N) is 3. The number of ether oxygens (including phenoxy) is 2. The summed E-state index contributed by atoms with van der Waals surface area (Å²) in [7, 11) is 3.32. The van der Waals surface area contributed by atoms with Gasteiger partial charge >= 0.3 is 0 Å². The number of anilines is 1. The Hall–Kier alpha value is -2.86. The Labute approximate surface area is 165 Å². The van der Waals surface area contributed by atoms with Gasteiger partial charge in [-0.1, -0.05) is 6.07 Å². The second kappa shape index (κ2) is 8.44. The Kier molecular flexibility index (Phi) is 5.58. The van der Waals surface area contributed by atoms with Crippen molar-refractivity contribution in [3.8, 4) is 11.5 Å². The van der Waals surface area contributed by atoms with E-state index in [0.717, 1.165) is 66.4 Å². The van der Waals surface area contributed by atoms with Crippen molar-refractivity contribution in [1.82, 2.24) is 14.9 Å². The van der Waals surface area contributed by atoms with E-state index in [0.29, 0.717) is 6.04 Å². The average molecular weight is 378 g/mol. The lowest BCUT2D eigenvalue weighted by Crippen LogP contribution is -2.38. The lowest BCUT2D eigenvalue weighted by molar-refractivity contribution is 0.209. The van der Waals surface area contributed by atoms with Crippen LogP contribution in [0, 0.1) is 0 Å². The van der Waals surface area contributed by atoms with Crippen molar-refractivity contribution in [3.63, 3.8) is 0 Å². The van der Waals surface area contributed by atoms with Crippen LogP contribution in [0.5, 0.6) is 11.5 Å². The molecule has 28 heavy (non-hydrogen) atoms. The van der Waals surface area contributed by atoms with E-state index in [9.17, 15) is 0 Å². The summed E-state index contributed by atoms with van der Waals surface area (Å²) in [6.45, 7) is 3.04. The highest BCUT2D eigenvalue weighted by molar-refractivity contribution is 5.88. The predicted octanol–water partition coefficient (Wildman–Crippen LogP) is 3.72. The summed E-state index contributed by atoms with van der Waals surface area (Å²) >= 11 is 0. The number of hydrogen-bond donors (Lipinski definition) is 1. The number of rotatable bonds is 6. The first-order valence-corrected chi connectivity index (χ1v) is 9.67. The summed E-state index contributed by atoms with van der Waals surface area (Å²) in [5, 5.41) is 4.58. The van der Waals surface area contributed by atoms with Crippen molar-refractivity contribution >= 4 is 16.7 Å². The minimum absolute atomic E-state index is 0.428. The number of likely N-dealkylation sites (tertiary alicyclic amines) is 1. The fourth-order valence-electron chi connectivity index (χ4n) is 3.71. The zero-order chi connectivity index (χ0) is 19.3. The van der Waals surface area contributed by atoms with Crippen LogP contribution in [-0.2, 0) is 6.54 Å². The monoisotopic (exact) mass is 378 g/mol. The third-order valence-electron chi connectivity index (χ3n) is 5.25. The Morgan fingerprint density at radius 3 is 2.64 bits per heavy atom. The van der Waals surface area contributed by atoms with E-state index >= 15 is 0 Å². The van der Waals surface area contributed by atoms with Gasteiger partial charge in [-0.05, 0) is 37.1 Å². The molecule has 0 amide bonds. The van der Waals surface area contributed by atoms with Gasteiger partial charge in [0.1, 0.15) is 17.3 Å². The molecule has 0 atom stereocenters. The van der Waals surface area contributed by atoms with E-state index in [4.69, 9.17) is 14.5 Å². The van der Waals surface area contributed by atoms with Crippen molar-refractivity contribution in [3.05, 3.63) is 54.4 Å². The highest BCUT2D eigenvalue weighted by Crippen LogP contribution is 2.31. The van der Waals surface area contributed by atoms with Crippen molar-refractivity contribution < 1.29 is 9.47 Å². The van der Waals surface area contributed by atoms with Gasteiger partial charge in [0.05, 0.1) is 25.4 Å². The largest absolute Gasteiger partial charge is 0.497 e. The topological polar surface area (TPSA) is 59.5 Å². The fourth-order valence-corrected chi connectivity index (χ4v) is 3.71. The zero-order valence-corrected chi connectivity index (χ0v) is 16.4. The van der Waals surface area contributed by atoms with Gasteiger partial charge < -0.3 is 14.8 Å². The van der Waals surface area contributed by atoms with Gasteiger partial charge in [0, 0.05) is 49.4 Å². The summed E-state index contributed by atoms with van der Waals surface area (Å²) in [5.74, 6) is 2.42. The molecule has 1 saturated heterocycles. The lowest BCUT2D eigenvalue weighted by atomic mass is 10.0. The van der Waals surface area contributed by atoms with Crippen LogP contribution in [-0.4, -0.2) is 48.2 Å². The summed E-state index contributed by atoms with van der Waals surface area (Å²) in [6.07, 6.45) is 4.04. The Morgan fingerprint density at radius 2 is 1.93 bits per heavy atom. The van der Waals surface area contributed by atoms with Gasteiger partial charge in [0.2, 0.25) is 0 Å². The zero-order valence-electron chi connectivity index (χ0n) is 16.4. The Balaban J connectivity index is 1.40. The van der Waals surface area contributed by atoms with Crippen LogP contribution in [0.1, 0.15) is 18.5 Å². The highest BCUT2D eigenvalue weighted by atomic mass is 16.5. The van der Waals surface area contributed by atoms with Crippen molar-refractivity contribution in [2.24, 2.45) is 0 Å². The smallest absolute Gasteiger partial charge is 0.131 e. The maximum atomic E-state index is 5.47. The highest BCUT2D eigenvalue weighted by Gasteiger charge is 2.20. The second-order valence-corrected chi connectivity index (χ2v) is 7.11. The predicted molar refractivity (Wildman–Crippen MR) is 111 cm³/mol. The number of pyridine rings is 2. The molecule has 3 heterocycles. The van der Waals surface area contributed by atoms with Crippen molar-refractivity contribution in [1.29, 1.82) is 0 Å². The molecule has 1 aliphatic heterocycles. The molecule has 0 radical (unpaired) electrons. The van der Waals surface area contributed by atoms with E-state index in [2.05, 4.69) is 27.3 Å².